The second-order valence-corrected chi connectivity index (χ2v) is 4.21. The highest BCUT2D eigenvalue weighted by molar-refractivity contribution is 8.00. The molecule has 0 saturated heterocycles. The van der Waals surface area contributed by atoms with Gasteiger partial charge in [0.1, 0.15) is 0 Å². The molecule has 0 aliphatic heterocycles. The van der Waals surface area contributed by atoms with Crippen LogP contribution in [0.3, 0.4) is 0 Å². The van der Waals surface area contributed by atoms with Gasteiger partial charge in [0.15, 0.2) is 0 Å². The van der Waals surface area contributed by atoms with E-state index in [1.54, 1.807) is 0 Å². The fourth-order valence-electron chi connectivity index (χ4n) is 1.13. The number of carbonyl (C=O) groups is 2. The van der Waals surface area contributed by atoms with Crippen LogP contribution < -0.4 is 0 Å². The van der Waals surface area contributed by atoms with Gasteiger partial charge in [0.2, 0.25) is 0 Å². The lowest BCUT2D eigenvalue weighted by Gasteiger charge is -2.10. The summed E-state index contributed by atoms with van der Waals surface area (Å²) in [6, 6.07) is 2.10. The molecular formula is C10H7F3O4S. The van der Waals surface area contributed by atoms with Crippen LogP contribution in [0.1, 0.15) is 15.9 Å². The Morgan fingerprint density at radius 3 is 2.28 bits per heavy atom. The number of hydrogen-bond acceptors (Lipinski definition) is 3. The normalized spacial score (nSPS) is 11.3. The van der Waals surface area contributed by atoms with Crippen molar-refractivity contribution >= 4 is 23.7 Å². The number of hydrogen-bond donors (Lipinski definition) is 2. The Morgan fingerprint density at radius 1 is 1.22 bits per heavy atom. The molecule has 0 spiro atoms. The number of carboxylic acids is 2. The Kier molecular flexibility index (Phi) is 4.23. The van der Waals surface area contributed by atoms with Crippen LogP contribution in [-0.4, -0.2) is 27.9 Å². The molecule has 8 heteroatoms. The van der Waals surface area contributed by atoms with Crippen molar-refractivity contribution < 1.29 is 33.0 Å². The average molecular weight is 280 g/mol. The molecule has 0 fully saturated rings. The minimum absolute atomic E-state index is 0.222. The standard InChI is InChI=1S/C10H7F3O4S/c11-10(12,13)5-1-2-6(9(16)17)7(3-5)18-4-8(14)15/h1-3H,4H2,(H,14,15)(H,16,17). The molecule has 0 bridgehead atoms. The van der Waals surface area contributed by atoms with Gasteiger partial charge in [-0.05, 0) is 18.2 Å². The minimum atomic E-state index is -4.60. The number of aliphatic carboxylic acids is 1. The molecule has 1 aromatic rings. The third-order valence-electron chi connectivity index (χ3n) is 1.89. The molecule has 0 radical (unpaired) electrons. The van der Waals surface area contributed by atoms with Crippen LogP contribution in [0.5, 0.6) is 0 Å². The summed E-state index contributed by atoms with van der Waals surface area (Å²) in [4.78, 5) is 20.9. The fraction of sp³-hybridized carbons (Fsp3) is 0.200. The summed E-state index contributed by atoms with van der Waals surface area (Å²) in [7, 11) is 0. The van der Waals surface area contributed by atoms with Crippen molar-refractivity contribution in [1.29, 1.82) is 0 Å². The van der Waals surface area contributed by atoms with Gasteiger partial charge in [0.05, 0.1) is 16.9 Å². The summed E-state index contributed by atoms with van der Waals surface area (Å²) >= 11 is 0.533. The van der Waals surface area contributed by atoms with Crippen LogP contribution >= 0.6 is 11.8 Å². The maximum atomic E-state index is 12.4. The zero-order chi connectivity index (χ0) is 13.9. The Labute approximate surface area is 103 Å². The quantitative estimate of drug-likeness (QED) is 0.829. The molecule has 0 atom stereocenters. The van der Waals surface area contributed by atoms with Crippen LogP contribution in [-0.2, 0) is 11.0 Å². The van der Waals surface area contributed by atoms with Crippen LogP contribution in [0, 0.1) is 0 Å². The molecule has 0 unspecified atom stereocenters. The van der Waals surface area contributed by atoms with E-state index in [-0.39, 0.29) is 10.5 Å². The van der Waals surface area contributed by atoms with Gasteiger partial charge in [-0.1, -0.05) is 0 Å². The maximum absolute atomic E-state index is 12.4. The van der Waals surface area contributed by atoms with Gasteiger partial charge in [-0.3, -0.25) is 4.79 Å². The first-order chi connectivity index (χ1) is 8.21. The van der Waals surface area contributed by atoms with Crippen molar-refractivity contribution in [3.8, 4) is 0 Å². The van der Waals surface area contributed by atoms with E-state index >= 15 is 0 Å². The van der Waals surface area contributed by atoms with Gasteiger partial charge >= 0.3 is 18.1 Å². The van der Waals surface area contributed by atoms with E-state index in [1.807, 2.05) is 0 Å². The highest BCUT2D eigenvalue weighted by Crippen LogP contribution is 2.33. The lowest BCUT2D eigenvalue weighted by molar-refractivity contribution is -0.137. The van der Waals surface area contributed by atoms with E-state index < -0.39 is 29.4 Å². The van der Waals surface area contributed by atoms with Crippen LogP contribution in [0.25, 0.3) is 0 Å². The lowest BCUT2D eigenvalue weighted by atomic mass is 10.1. The summed E-state index contributed by atoms with van der Waals surface area (Å²) in [5.41, 5.74) is -1.37. The summed E-state index contributed by atoms with van der Waals surface area (Å²) in [6.07, 6.45) is -4.60. The predicted molar refractivity (Wildman–Crippen MR) is 56.8 cm³/mol. The molecule has 1 rings (SSSR count). The molecule has 1 aromatic carbocycles. The van der Waals surface area contributed by atoms with E-state index in [0.717, 1.165) is 6.07 Å². The Morgan fingerprint density at radius 2 is 1.83 bits per heavy atom. The zero-order valence-corrected chi connectivity index (χ0v) is 9.51. The molecule has 0 aliphatic rings. The van der Waals surface area contributed by atoms with Crippen molar-refractivity contribution in [3.05, 3.63) is 29.3 Å². The van der Waals surface area contributed by atoms with Gasteiger partial charge in [-0.25, -0.2) is 4.79 Å². The topological polar surface area (TPSA) is 74.6 Å². The monoisotopic (exact) mass is 280 g/mol. The van der Waals surface area contributed by atoms with Crippen molar-refractivity contribution in [1.82, 2.24) is 0 Å². The first-order valence-electron chi connectivity index (χ1n) is 4.51. The molecule has 4 nitrogen and oxygen atoms in total. The average Bonchev–Trinajstić information content (AvgIpc) is 2.24. The summed E-state index contributed by atoms with van der Waals surface area (Å²) in [5, 5.41) is 17.2. The first-order valence-corrected chi connectivity index (χ1v) is 5.49. The third-order valence-corrected chi connectivity index (χ3v) is 2.93. The Balaban J connectivity index is 3.15. The van der Waals surface area contributed by atoms with Gasteiger partial charge in [0.25, 0.3) is 0 Å². The molecule has 0 saturated carbocycles. The van der Waals surface area contributed by atoms with Crippen LogP contribution in [0.2, 0.25) is 0 Å². The largest absolute Gasteiger partial charge is 0.481 e. The maximum Gasteiger partial charge on any atom is 0.416 e. The zero-order valence-electron chi connectivity index (χ0n) is 8.69. The van der Waals surface area contributed by atoms with Crippen molar-refractivity contribution in [3.63, 3.8) is 0 Å². The predicted octanol–water partition coefficient (Wildman–Crippen LogP) is 2.58. The van der Waals surface area contributed by atoms with Crippen molar-refractivity contribution in [2.24, 2.45) is 0 Å². The lowest BCUT2D eigenvalue weighted by Crippen LogP contribution is -2.08. The number of benzene rings is 1. The summed E-state index contributed by atoms with van der Waals surface area (Å²) in [6.45, 7) is 0. The fourth-order valence-corrected chi connectivity index (χ4v) is 1.93. The van der Waals surface area contributed by atoms with Crippen molar-refractivity contribution in [2.75, 3.05) is 5.75 Å². The highest BCUT2D eigenvalue weighted by Gasteiger charge is 2.31. The molecule has 98 valence electrons. The van der Waals surface area contributed by atoms with Crippen LogP contribution in [0.4, 0.5) is 13.2 Å². The Hall–Kier alpha value is -1.70. The number of carboxylic acid groups (broad SMARTS) is 2. The van der Waals surface area contributed by atoms with E-state index in [9.17, 15) is 22.8 Å². The number of alkyl halides is 3. The second kappa shape index (κ2) is 5.30. The number of rotatable bonds is 4. The van der Waals surface area contributed by atoms with Crippen molar-refractivity contribution in [2.45, 2.75) is 11.1 Å². The number of thioether (sulfide) groups is 1. The van der Waals surface area contributed by atoms with E-state index in [1.165, 1.54) is 0 Å². The van der Waals surface area contributed by atoms with Gasteiger partial charge in [-0.15, -0.1) is 11.8 Å². The molecule has 0 heterocycles. The molecule has 0 aliphatic carbocycles. The SMILES string of the molecule is O=C(O)CSc1cc(C(F)(F)F)ccc1C(=O)O. The molecular weight excluding hydrogens is 273 g/mol. The van der Waals surface area contributed by atoms with Gasteiger partial charge < -0.3 is 10.2 Å². The molecule has 2 N–H and O–H groups in total. The van der Waals surface area contributed by atoms with Gasteiger partial charge in [-0.2, -0.15) is 13.2 Å². The van der Waals surface area contributed by atoms with Gasteiger partial charge in [0, 0.05) is 4.90 Å². The first kappa shape index (κ1) is 14.4. The second-order valence-electron chi connectivity index (χ2n) is 3.20. The van der Waals surface area contributed by atoms with E-state index in [2.05, 4.69) is 0 Å². The summed E-state index contributed by atoms with van der Waals surface area (Å²) in [5.74, 6) is -3.16. The molecule has 0 aromatic heterocycles. The number of halogens is 3. The molecule has 0 amide bonds. The highest BCUT2D eigenvalue weighted by atomic mass is 32.2. The smallest absolute Gasteiger partial charge is 0.416 e. The van der Waals surface area contributed by atoms with E-state index in [0.29, 0.717) is 23.9 Å². The van der Waals surface area contributed by atoms with E-state index in [4.69, 9.17) is 10.2 Å². The minimum Gasteiger partial charge on any atom is -0.481 e. The summed E-state index contributed by atoms with van der Waals surface area (Å²) < 4.78 is 37.3. The van der Waals surface area contributed by atoms with Crippen LogP contribution in [0.15, 0.2) is 23.1 Å². The number of aromatic carboxylic acids is 1. The third kappa shape index (κ3) is 3.66. The molecule has 18 heavy (non-hydrogen) atoms. The Bertz CT molecular complexity index is 485.